The Morgan fingerprint density at radius 3 is 1.90 bits per heavy atom. The fourth-order valence-electron chi connectivity index (χ4n) is 7.69. The molecule has 3 N–H and O–H groups in total. The summed E-state index contributed by atoms with van der Waals surface area (Å²) in [6, 6.07) is 13.7. The van der Waals surface area contributed by atoms with E-state index in [-0.39, 0.29) is 34.5 Å². The lowest BCUT2D eigenvalue weighted by Gasteiger charge is -2.30. The predicted molar refractivity (Wildman–Crippen MR) is 213 cm³/mol. The van der Waals surface area contributed by atoms with Gasteiger partial charge < -0.3 is 20.6 Å². The van der Waals surface area contributed by atoms with E-state index in [1.165, 1.54) is 0 Å². The largest absolute Gasteiger partial charge is 0.506 e. The summed E-state index contributed by atoms with van der Waals surface area (Å²) in [5.74, 6) is -0.282. The van der Waals surface area contributed by atoms with Gasteiger partial charge in [0.25, 0.3) is 0 Å². The summed E-state index contributed by atoms with van der Waals surface area (Å²) in [4.78, 5) is 42.6. The van der Waals surface area contributed by atoms with Gasteiger partial charge in [-0.2, -0.15) is 4.57 Å². The van der Waals surface area contributed by atoms with Crippen LogP contribution in [0.5, 0.6) is 0 Å². The van der Waals surface area contributed by atoms with Crippen molar-refractivity contribution >= 4 is 57.2 Å². The van der Waals surface area contributed by atoms with E-state index in [1.807, 2.05) is 60.9 Å². The molecule has 0 atom stereocenters. The van der Waals surface area contributed by atoms with Crippen molar-refractivity contribution in [2.75, 3.05) is 22.1 Å². The molecule has 0 unspecified atom stereocenters. The molecule has 2 aliphatic rings. The lowest BCUT2D eigenvalue weighted by atomic mass is 9.79. The van der Waals surface area contributed by atoms with Crippen LogP contribution in [0.25, 0.3) is 22.6 Å². The van der Waals surface area contributed by atoms with Crippen LogP contribution in [0.3, 0.4) is 0 Å². The topological polar surface area (TPSA) is 103 Å². The van der Waals surface area contributed by atoms with E-state index in [9.17, 15) is 19.5 Å². The first-order valence-electron chi connectivity index (χ1n) is 19.1. The Bertz CT molecular complexity index is 1990. The van der Waals surface area contributed by atoms with E-state index in [0.717, 1.165) is 84.9 Å². The molecule has 0 bridgehead atoms. The molecule has 0 radical (unpaired) electrons. The molecule has 0 saturated carbocycles. The number of carbonyl (C=O) groups excluding carboxylic acids is 3. The molecule has 1 aromatic heterocycles. The standard InChI is InChI=1S/C44H54N4O4/c1-9-43(10-2,11-3)41(51)45-31-17-19-37-33(27-31)29(21-23-47(37)15-7)25-35-39(49)36(40(35)50)26-30-22-24-48(16-8)38-20-18-32(28-34(30)38)46-42(52)44(12-4,13-5)14-6/h17-28H,9-16H2,1-8H3,(H2-,45,46,49,50,51,52)/p+1. The number of aliphatic hydroxyl groups is 1. The minimum absolute atomic E-state index is 0.0110. The van der Waals surface area contributed by atoms with Gasteiger partial charge in [0.1, 0.15) is 12.3 Å². The SMILES string of the molecule is CCN1C=C/C(=C\C2=C(O)C(=C\c3cc[n+](CC)c4ccc(NC(=O)C(CC)(CC)CC)cc34)/C2=O)c2cc(NC(=O)C(CC)(CC)CC)ccc21. The monoisotopic (exact) mass is 703 g/mol. The molecule has 1 aliphatic carbocycles. The Labute approximate surface area is 309 Å². The molecular weight excluding hydrogens is 649 g/mol. The molecular formula is C44H55N4O4+. The number of benzene rings is 2. The first kappa shape index (κ1) is 38.3. The highest BCUT2D eigenvalue weighted by Crippen LogP contribution is 2.40. The van der Waals surface area contributed by atoms with Crippen LogP contribution in [-0.4, -0.2) is 29.2 Å². The number of aliphatic hydroxyl groups excluding tert-OH is 1. The third kappa shape index (κ3) is 6.83. The number of allylic oxidation sites excluding steroid dienone is 5. The molecule has 1 aliphatic heterocycles. The van der Waals surface area contributed by atoms with Crippen molar-refractivity contribution in [3.63, 3.8) is 0 Å². The Morgan fingerprint density at radius 1 is 0.788 bits per heavy atom. The van der Waals surface area contributed by atoms with Crippen molar-refractivity contribution in [3.8, 4) is 0 Å². The van der Waals surface area contributed by atoms with Crippen molar-refractivity contribution in [1.29, 1.82) is 0 Å². The second kappa shape index (κ2) is 15.7. The van der Waals surface area contributed by atoms with Gasteiger partial charge >= 0.3 is 0 Å². The summed E-state index contributed by atoms with van der Waals surface area (Å²) in [5.41, 5.74) is 5.35. The number of pyridine rings is 1. The van der Waals surface area contributed by atoms with Gasteiger partial charge in [-0.3, -0.25) is 14.4 Å². The quantitative estimate of drug-likeness (QED) is 0.115. The maximum absolute atomic E-state index is 13.7. The molecule has 5 rings (SSSR count). The van der Waals surface area contributed by atoms with Crippen LogP contribution < -0.4 is 20.1 Å². The summed E-state index contributed by atoms with van der Waals surface area (Å²) < 4.78 is 2.11. The van der Waals surface area contributed by atoms with Gasteiger partial charge in [0.15, 0.2) is 6.20 Å². The van der Waals surface area contributed by atoms with Gasteiger partial charge in [-0.1, -0.05) is 41.5 Å². The van der Waals surface area contributed by atoms with Crippen LogP contribution >= 0.6 is 0 Å². The molecule has 52 heavy (non-hydrogen) atoms. The van der Waals surface area contributed by atoms with E-state index < -0.39 is 10.8 Å². The van der Waals surface area contributed by atoms with Crippen LogP contribution in [0, 0.1) is 10.8 Å². The molecule has 274 valence electrons. The number of ketones is 1. The molecule has 8 heteroatoms. The van der Waals surface area contributed by atoms with Gasteiger partial charge in [0.2, 0.25) is 23.1 Å². The average molecular weight is 704 g/mol. The highest BCUT2D eigenvalue weighted by Gasteiger charge is 2.35. The van der Waals surface area contributed by atoms with Crippen LogP contribution in [0.15, 0.2) is 83.9 Å². The van der Waals surface area contributed by atoms with Crippen LogP contribution in [0.4, 0.5) is 17.1 Å². The van der Waals surface area contributed by atoms with Crippen molar-refractivity contribution in [2.24, 2.45) is 10.8 Å². The van der Waals surface area contributed by atoms with Crippen molar-refractivity contribution in [1.82, 2.24) is 0 Å². The lowest BCUT2D eigenvalue weighted by molar-refractivity contribution is -0.667. The Balaban J connectivity index is 1.51. The highest BCUT2D eigenvalue weighted by atomic mass is 16.3. The number of amides is 2. The van der Waals surface area contributed by atoms with E-state index in [2.05, 4.69) is 75.5 Å². The zero-order valence-corrected chi connectivity index (χ0v) is 32.2. The summed E-state index contributed by atoms with van der Waals surface area (Å²) in [7, 11) is 0. The first-order chi connectivity index (χ1) is 25.0. The van der Waals surface area contributed by atoms with Crippen molar-refractivity contribution < 1.29 is 24.1 Å². The number of fused-ring (bicyclic) bond motifs is 2. The Hall–Kier alpha value is -4.98. The second-order valence-corrected chi connectivity index (χ2v) is 14.0. The number of Topliss-reactive ketones (excluding diaryl/α,β-unsaturated/α-hetero) is 1. The van der Waals surface area contributed by atoms with Gasteiger partial charge in [0.05, 0.1) is 16.5 Å². The second-order valence-electron chi connectivity index (χ2n) is 14.0. The smallest absolute Gasteiger partial charge is 0.230 e. The first-order valence-corrected chi connectivity index (χ1v) is 19.1. The summed E-state index contributed by atoms with van der Waals surface area (Å²) in [6.07, 6.45) is 13.9. The van der Waals surface area contributed by atoms with Crippen molar-refractivity contribution in [2.45, 2.75) is 100 Å². The van der Waals surface area contributed by atoms with Crippen molar-refractivity contribution in [3.05, 3.63) is 95.0 Å². The Morgan fingerprint density at radius 2 is 1.37 bits per heavy atom. The number of aromatic nitrogens is 1. The summed E-state index contributed by atoms with van der Waals surface area (Å²) in [5, 5.41) is 18.5. The molecule has 3 aromatic rings. The van der Waals surface area contributed by atoms with Gasteiger partial charge in [-0.15, -0.1) is 0 Å². The van der Waals surface area contributed by atoms with E-state index in [0.29, 0.717) is 11.4 Å². The van der Waals surface area contributed by atoms with Gasteiger partial charge in [-0.05, 0) is 112 Å². The lowest BCUT2D eigenvalue weighted by Crippen LogP contribution is -2.35. The van der Waals surface area contributed by atoms with E-state index in [1.54, 1.807) is 12.2 Å². The number of aryl methyl sites for hydroxylation is 1. The molecule has 2 aromatic carbocycles. The van der Waals surface area contributed by atoms with Gasteiger partial charge in [-0.25, -0.2) is 0 Å². The third-order valence-corrected chi connectivity index (χ3v) is 11.9. The fraction of sp³-hybridized carbons (Fsp3) is 0.409. The number of hydrogen-bond acceptors (Lipinski definition) is 5. The molecule has 8 nitrogen and oxygen atoms in total. The van der Waals surface area contributed by atoms with Crippen LogP contribution in [-0.2, 0) is 20.9 Å². The minimum atomic E-state index is -0.428. The van der Waals surface area contributed by atoms with E-state index >= 15 is 0 Å². The number of nitrogens with one attached hydrogen (secondary N) is 2. The third-order valence-electron chi connectivity index (χ3n) is 11.9. The summed E-state index contributed by atoms with van der Waals surface area (Å²) in [6.45, 7) is 18.0. The zero-order chi connectivity index (χ0) is 37.8. The van der Waals surface area contributed by atoms with E-state index in [4.69, 9.17) is 0 Å². The average Bonchev–Trinajstić information content (AvgIpc) is 3.17. The molecule has 0 fully saturated rings. The fourth-order valence-corrected chi connectivity index (χ4v) is 7.69. The van der Waals surface area contributed by atoms with Crippen LogP contribution in [0.1, 0.15) is 105 Å². The molecule has 2 amide bonds. The number of carbonyl (C=O) groups is 3. The normalized spacial score (nSPS) is 16.1. The molecule has 2 heterocycles. The van der Waals surface area contributed by atoms with Crippen LogP contribution in [0.2, 0.25) is 0 Å². The predicted octanol–water partition coefficient (Wildman–Crippen LogP) is 9.67. The minimum Gasteiger partial charge on any atom is -0.506 e. The number of nitrogens with zero attached hydrogens (tertiary/aromatic N) is 2. The Kier molecular flexibility index (Phi) is 11.6. The number of rotatable bonds is 14. The highest BCUT2D eigenvalue weighted by molar-refractivity contribution is 6.24. The molecule has 0 saturated heterocycles. The number of hydrogen-bond donors (Lipinski definition) is 3. The van der Waals surface area contributed by atoms with Gasteiger partial charge in [0, 0.05) is 58.3 Å². The zero-order valence-electron chi connectivity index (χ0n) is 32.2. The maximum atomic E-state index is 13.7. The number of anilines is 3. The maximum Gasteiger partial charge on any atom is 0.230 e. The summed E-state index contributed by atoms with van der Waals surface area (Å²) >= 11 is 0. The molecule has 0 spiro atoms.